The summed E-state index contributed by atoms with van der Waals surface area (Å²) in [4.78, 5) is 44.9. The first-order valence-corrected chi connectivity index (χ1v) is 14.0. The highest BCUT2D eigenvalue weighted by atomic mass is 32.2. The number of aliphatic hydroxyl groups is 1. The maximum absolute atomic E-state index is 14.3. The molecule has 1 aliphatic carbocycles. The van der Waals surface area contributed by atoms with Gasteiger partial charge in [-0.1, -0.05) is 31.4 Å². The summed E-state index contributed by atoms with van der Waals surface area (Å²) in [5.74, 6) is -1.77. The van der Waals surface area contributed by atoms with Crippen LogP contribution in [0.1, 0.15) is 64.7 Å². The molecule has 8 heteroatoms. The van der Waals surface area contributed by atoms with Gasteiger partial charge in [-0.15, -0.1) is 24.9 Å². The zero-order chi connectivity index (χ0) is 25.2. The van der Waals surface area contributed by atoms with Gasteiger partial charge in [0.05, 0.1) is 29.8 Å². The van der Waals surface area contributed by atoms with Gasteiger partial charge >= 0.3 is 5.97 Å². The number of hydrogen-bond donors (Lipinski definition) is 1. The van der Waals surface area contributed by atoms with Crippen LogP contribution in [0, 0.1) is 11.8 Å². The standard InChI is InChI=1S/C27H40N2O5S/c1-4-6-10-18-34-25(33)21-20-23(31)29(16-17-30)22(27(20)14-13-26(21,3)35-27)24(32)28(15-5-2)19-11-8-7-9-12-19/h4-5,19-22,30H,1-2,6-18H2,3H3/t20-,21+,22?,26-,27?/m0/s1. The van der Waals surface area contributed by atoms with Crippen molar-refractivity contribution in [1.82, 2.24) is 9.80 Å². The van der Waals surface area contributed by atoms with E-state index in [1.807, 2.05) is 11.8 Å². The fourth-order valence-electron chi connectivity index (χ4n) is 7.01. The lowest BCUT2D eigenvalue weighted by molar-refractivity contribution is -0.155. The van der Waals surface area contributed by atoms with Crippen molar-refractivity contribution in [3.63, 3.8) is 0 Å². The Balaban J connectivity index is 1.66. The van der Waals surface area contributed by atoms with E-state index in [1.54, 1.807) is 28.8 Å². The zero-order valence-electron chi connectivity index (χ0n) is 21.0. The second kappa shape index (κ2) is 10.7. The minimum atomic E-state index is -0.681. The Hall–Kier alpha value is -1.80. The van der Waals surface area contributed by atoms with E-state index < -0.39 is 27.4 Å². The number of unbranched alkanes of at least 4 members (excludes halogenated alkanes) is 1. The number of carbonyl (C=O) groups excluding carboxylic acids is 3. The quantitative estimate of drug-likeness (QED) is 0.264. The average molecular weight is 505 g/mol. The molecule has 2 unspecified atom stereocenters. The second-order valence-corrected chi connectivity index (χ2v) is 12.5. The Morgan fingerprint density at radius 2 is 1.97 bits per heavy atom. The third kappa shape index (κ3) is 4.45. The molecule has 3 saturated heterocycles. The van der Waals surface area contributed by atoms with Crippen LogP contribution in [0.25, 0.3) is 0 Å². The summed E-state index contributed by atoms with van der Waals surface area (Å²) in [5, 5.41) is 9.82. The van der Waals surface area contributed by atoms with E-state index in [-0.39, 0.29) is 37.0 Å². The molecule has 1 spiro atoms. The summed E-state index contributed by atoms with van der Waals surface area (Å²) >= 11 is 1.65. The van der Waals surface area contributed by atoms with Gasteiger partial charge in [-0.05, 0) is 45.4 Å². The predicted molar refractivity (Wildman–Crippen MR) is 137 cm³/mol. The fourth-order valence-corrected chi connectivity index (χ4v) is 9.35. The van der Waals surface area contributed by atoms with Crippen LogP contribution in [-0.2, 0) is 19.1 Å². The van der Waals surface area contributed by atoms with Gasteiger partial charge in [-0.3, -0.25) is 14.4 Å². The van der Waals surface area contributed by atoms with Crippen molar-refractivity contribution in [3.05, 3.63) is 25.3 Å². The first-order valence-electron chi connectivity index (χ1n) is 13.1. The number of β-amino-alcohol motifs (C(OH)–C–C–N with tert-alkyl or cyclic N) is 1. The number of likely N-dealkylation sites (tertiary alicyclic amines) is 1. The number of amides is 2. The van der Waals surface area contributed by atoms with Gasteiger partial charge < -0.3 is 19.6 Å². The summed E-state index contributed by atoms with van der Waals surface area (Å²) < 4.78 is 4.54. The van der Waals surface area contributed by atoms with Gasteiger partial charge in [-0.25, -0.2) is 0 Å². The van der Waals surface area contributed by atoms with Gasteiger partial charge in [0.2, 0.25) is 11.8 Å². The number of ether oxygens (including phenoxy) is 1. The normalized spacial score (nSPS) is 34.1. The number of thioether (sulfide) groups is 1. The van der Waals surface area contributed by atoms with E-state index in [4.69, 9.17) is 4.74 Å². The summed E-state index contributed by atoms with van der Waals surface area (Å²) in [5.41, 5.74) is 0. The van der Waals surface area contributed by atoms with Gasteiger partial charge in [0.1, 0.15) is 6.04 Å². The Morgan fingerprint density at radius 3 is 2.63 bits per heavy atom. The third-order valence-corrected chi connectivity index (χ3v) is 10.5. The number of aliphatic hydroxyl groups excluding tert-OH is 1. The van der Waals surface area contributed by atoms with E-state index in [2.05, 4.69) is 13.2 Å². The van der Waals surface area contributed by atoms with Crippen LogP contribution in [0.15, 0.2) is 25.3 Å². The molecule has 3 heterocycles. The molecular formula is C27H40N2O5S. The molecule has 0 aromatic heterocycles. The topological polar surface area (TPSA) is 87.1 Å². The van der Waals surface area contributed by atoms with Crippen molar-refractivity contribution in [2.45, 2.75) is 86.3 Å². The zero-order valence-corrected chi connectivity index (χ0v) is 21.8. The van der Waals surface area contributed by atoms with E-state index in [0.29, 0.717) is 26.0 Å². The molecule has 2 bridgehead atoms. The highest BCUT2D eigenvalue weighted by Gasteiger charge is 2.77. The summed E-state index contributed by atoms with van der Waals surface area (Å²) in [6.07, 6.45) is 11.8. The van der Waals surface area contributed by atoms with Crippen molar-refractivity contribution in [2.24, 2.45) is 11.8 Å². The molecule has 2 amide bonds. The molecule has 1 N–H and O–H groups in total. The largest absolute Gasteiger partial charge is 0.465 e. The summed E-state index contributed by atoms with van der Waals surface area (Å²) in [7, 11) is 0. The Morgan fingerprint density at radius 1 is 1.23 bits per heavy atom. The molecule has 4 rings (SSSR count). The first kappa shape index (κ1) is 26.3. The third-order valence-electron chi connectivity index (χ3n) is 8.53. The predicted octanol–water partition coefficient (Wildman–Crippen LogP) is 3.32. The molecule has 7 nitrogen and oxygen atoms in total. The molecule has 0 aromatic carbocycles. The lowest BCUT2D eigenvalue weighted by atomic mass is 9.66. The number of rotatable bonds is 11. The number of hydrogen-bond acceptors (Lipinski definition) is 6. The number of nitrogens with zero attached hydrogens (tertiary/aromatic N) is 2. The van der Waals surface area contributed by atoms with Crippen LogP contribution in [0.4, 0.5) is 0 Å². The van der Waals surface area contributed by atoms with E-state index in [1.165, 1.54) is 6.42 Å². The molecule has 0 radical (unpaired) electrons. The van der Waals surface area contributed by atoms with Crippen molar-refractivity contribution < 1.29 is 24.2 Å². The second-order valence-electron chi connectivity index (χ2n) is 10.7. The monoisotopic (exact) mass is 504 g/mol. The molecule has 35 heavy (non-hydrogen) atoms. The summed E-state index contributed by atoms with van der Waals surface area (Å²) in [6.45, 7) is 10.3. The van der Waals surface area contributed by atoms with Crippen LogP contribution in [0.5, 0.6) is 0 Å². The maximum atomic E-state index is 14.3. The molecule has 4 aliphatic rings. The Bertz CT molecular complexity index is 859. The first-order chi connectivity index (χ1) is 16.8. The highest BCUT2D eigenvalue weighted by Crippen LogP contribution is 2.71. The molecule has 0 aromatic rings. The Labute approximate surface area is 213 Å². The fraction of sp³-hybridized carbons (Fsp3) is 0.741. The minimum absolute atomic E-state index is 0.0575. The lowest BCUT2D eigenvalue weighted by Crippen LogP contribution is -2.57. The van der Waals surface area contributed by atoms with E-state index >= 15 is 0 Å². The molecule has 194 valence electrons. The van der Waals surface area contributed by atoms with Crippen LogP contribution >= 0.6 is 11.8 Å². The van der Waals surface area contributed by atoms with Crippen LogP contribution in [0.2, 0.25) is 0 Å². The number of carbonyl (C=O) groups is 3. The highest BCUT2D eigenvalue weighted by molar-refractivity contribution is 8.02. The van der Waals surface area contributed by atoms with E-state index in [9.17, 15) is 19.5 Å². The van der Waals surface area contributed by atoms with Crippen molar-refractivity contribution >= 4 is 29.5 Å². The van der Waals surface area contributed by atoms with Gasteiger partial charge in [0.15, 0.2) is 0 Å². The van der Waals surface area contributed by atoms with Crippen molar-refractivity contribution in [2.75, 3.05) is 26.3 Å². The minimum Gasteiger partial charge on any atom is -0.465 e. The van der Waals surface area contributed by atoms with Gasteiger partial charge in [0.25, 0.3) is 0 Å². The van der Waals surface area contributed by atoms with Crippen LogP contribution < -0.4 is 0 Å². The molecule has 4 fully saturated rings. The van der Waals surface area contributed by atoms with Gasteiger partial charge in [-0.2, -0.15) is 0 Å². The molecule has 3 aliphatic heterocycles. The smallest absolute Gasteiger partial charge is 0.311 e. The van der Waals surface area contributed by atoms with E-state index in [0.717, 1.165) is 38.5 Å². The summed E-state index contributed by atoms with van der Waals surface area (Å²) in [6, 6.07) is -0.542. The van der Waals surface area contributed by atoms with Crippen molar-refractivity contribution in [1.29, 1.82) is 0 Å². The van der Waals surface area contributed by atoms with Crippen LogP contribution in [0.3, 0.4) is 0 Å². The van der Waals surface area contributed by atoms with Crippen LogP contribution in [-0.4, -0.2) is 80.6 Å². The Kier molecular flexibility index (Phi) is 8.01. The SMILES string of the molecule is C=CCCCOC(=O)[C@H]1[C@H]2C(=O)N(CCO)C(C(=O)N(CC=C)C3CCCCC3)C23CC[C@]1(C)S3. The number of esters is 1. The maximum Gasteiger partial charge on any atom is 0.311 e. The number of allylic oxidation sites excluding steroid dienone is 1. The average Bonchev–Trinajstić information content (AvgIpc) is 3.41. The molecule has 1 saturated carbocycles. The molecule has 5 atom stereocenters. The number of fused-ring (bicyclic) bond motifs is 1. The van der Waals surface area contributed by atoms with Gasteiger partial charge in [0, 0.05) is 23.9 Å². The van der Waals surface area contributed by atoms with Crippen molar-refractivity contribution in [3.8, 4) is 0 Å². The lowest BCUT2D eigenvalue weighted by Gasteiger charge is -2.41. The molecular weight excluding hydrogens is 464 g/mol.